The molecule has 4 heterocycles. The van der Waals surface area contributed by atoms with Gasteiger partial charge in [0.2, 0.25) is 0 Å². The molecule has 0 aliphatic carbocycles. The van der Waals surface area contributed by atoms with Gasteiger partial charge in [0, 0.05) is 18.9 Å². The average Bonchev–Trinajstić information content (AvgIpc) is 3.13. The number of aliphatic hydroxyl groups excluding tert-OH is 1. The minimum atomic E-state index is -3.74. The summed E-state index contributed by atoms with van der Waals surface area (Å²) in [5.41, 5.74) is 1.00. The number of hydrogen-bond donors (Lipinski definition) is 1. The summed E-state index contributed by atoms with van der Waals surface area (Å²) in [6.45, 7) is 7.47. The van der Waals surface area contributed by atoms with Crippen molar-refractivity contribution in [3.63, 3.8) is 0 Å². The molecule has 0 aromatic heterocycles. The van der Waals surface area contributed by atoms with Gasteiger partial charge < -0.3 is 19.5 Å². The van der Waals surface area contributed by atoms with Crippen molar-refractivity contribution in [1.29, 1.82) is 0 Å². The predicted octanol–water partition coefficient (Wildman–Crippen LogP) is 1.99. The molecule has 4 saturated heterocycles. The zero-order valence-electron chi connectivity index (χ0n) is 16.7. The van der Waals surface area contributed by atoms with E-state index in [0.29, 0.717) is 19.1 Å². The van der Waals surface area contributed by atoms with Gasteiger partial charge in [0.1, 0.15) is 0 Å². The Hall–Kier alpha value is -0.990. The largest absolute Gasteiger partial charge is 0.391 e. The molecule has 0 amide bonds. The quantitative estimate of drug-likeness (QED) is 0.774. The van der Waals surface area contributed by atoms with E-state index >= 15 is 0 Å². The van der Waals surface area contributed by atoms with Gasteiger partial charge in [-0.25, -0.2) is 8.42 Å². The molecule has 28 heavy (non-hydrogen) atoms. The summed E-state index contributed by atoms with van der Waals surface area (Å²) in [4.78, 5) is 2.60. The molecule has 4 fully saturated rings. The van der Waals surface area contributed by atoms with Crippen LogP contribution in [0.5, 0.6) is 0 Å². The summed E-state index contributed by atoms with van der Waals surface area (Å²) in [6.07, 6.45) is 1.25. The Bertz CT molecular complexity index is 780. The van der Waals surface area contributed by atoms with Gasteiger partial charge in [-0.3, -0.25) is 0 Å². The fourth-order valence-electron chi connectivity index (χ4n) is 5.03. The molecule has 3 unspecified atom stereocenters. The van der Waals surface area contributed by atoms with E-state index in [0.717, 1.165) is 38.0 Å². The maximum absolute atomic E-state index is 13.6. The lowest BCUT2D eigenvalue weighted by molar-refractivity contribution is -0.153. The zero-order chi connectivity index (χ0) is 19.9. The topological polar surface area (TPSA) is 76.1 Å². The van der Waals surface area contributed by atoms with E-state index in [-0.39, 0.29) is 17.2 Å². The van der Waals surface area contributed by atoms with E-state index in [4.69, 9.17) is 9.47 Å². The third kappa shape index (κ3) is 3.87. The number of aryl methyl sites for hydroxylation is 1. The van der Waals surface area contributed by atoms with Crippen LogP contribution in [0, 0.1) is 18.8 Å². The molecule has 156 valence electrons. The Morgan fingerprint density at radius 2 is 1.79 bits per heavy atom. The molecular formula is C21H31NO5S. The Morgan fingerprint density at radius 3 is 2.32 bits per heavy atom. The monoisotopic (exact) mass is 409 g/mol. The smallest absolute Gasteiger partial charge is 0.183 e. The predicted molar refractivity (Wildman–Crippen MR) is 106 cm³/mol. The number of sulfone groups is 1. The van der Waals surface area contributed by atoms with Gasteiger partial charge in [0.25, 0.3) is 0 Å². The molecule has 1 aromatic rings. The van der Waals surface area contributed by atoms with E-state index in [1.165, 1.54) is 0 Å². The number of ether oxygens (including phenoxy) is 2. The summed E-state index contributed by atoms with van der Waals surface area (Å²) >= 11 is 0. The SMILES string of the molecule is Cc1ccc(S(=O)(=O)C(CC2(C)OCCO2)C(O)C2CN3CCC2CC3)cc1. The van der Waals surface area contributed by atoms with Gasteiger partial charge in [0.15, 0.2) is 15.6 Å². The van der Waals surface area contributed by atoms with E-state index in [1.807, 2.05) is 6.92 Å². The highest BCUT2D eigenvalue weighted by Crippen LogP contribution is 2.39. The lowest BCUT2D eigenvalue weighted by Crippen LogP contribution is -2.55. The van der Waals surface area contributed by atoms with E-state index in [2.05, 4.69) is 4.90 Å². The van der Waals surface area contributed by atoms with Crippen LogP contribution in [-0.2, 0) is 19.3 Å². The van der Waals surface area contributed by atoms with Crippen molar-refractivity contribution in [3.05, 3.63) is 29.8 Å². The number of benzene rings is 1. The van der Waals surface area contributed by atoms with Crippen molar-refractivity contribution in [2.75, 3.05) is 32.8 Å². The second-order valence-corrected chi connectivity index (χ2v) is 10.9. The first-order chi connectivity index (χ1) is 13.3. The van der Waals surface area contributed by atoms with E-state index < -0.39 is 27.0 Å². The Kier molecular flexibility index (Phi) is 5.57. The number of hydrogen-bond acceptors (Lipinski definition) is 6. The second kappa shape index (κ2) is 7.69. The highest BCUT2D eigenvalue weighted by Gasteiger charge is 2.48. The fraction of sp³-hybridized carbons (Fsp3) is 0.714. The molecule has 4 aliphatic rings. The van der Waals surface area contributed by atoms with E-state index in [1.54, 1.807) is 31.2 Å². The summed E-state index contributed by atoms with van der Waals surface area (Å²) in [7, 11) is -3.74. The van der Waals surface area contributed by atoms with Crippen LogP contribution in [0.4, 0.5) is 0 Å². The first-order valence-corrected chi connectivity index (χ1v) is 11.8. The molecule has 0 saturated carbocycles. The normalized spacial score (nSPS) is 31.6. The van der Waals surface area contributed by atoms with Crippen LogP contribution in [0.25, 0.3) is 0 Å². The molecule has 6 nitrogen and oxygen atoms in total. The molecule has 4 aliphatic heterocycles. The number of rotatable bonds is 6. The summed E-state index contributed by atoms with van der Waals surface area (Å²) < 4.78 is 38.6. The van der Waals surface area contributed by atoms with Crippen LogP contribution in [-0.4, -0.2) is 68.4 Å². The first kappa shape index (κ1) is 20.3. The average molecular weight is 410 g/mol. The van der Waals surface area contributed by atoms with Crippen LogP contribution in [0.2, 0.25) is 0 Å². The minimum absolute atomic E-state index is 0.0299. The Balaban J connectivity index is 1.66. The number of nitrogens with zero attached hydrogens (tertiary/aromatic N) is 1. The van der Waals surface area contributed by atoms with Crippen molar-refractivity contribution >= 4 is 9.84 Å². The van der Waals surface area contributed by atoms with Gasteiger partial charge in [-0.1, -0.05) is 17.7 Å². The van der Waals surface area contributed by atoms with Gasteiger partial charge in [0.05, 0.1) is 29.5 Å². The van der Waals surface area contributed by atoms with Crippen LogP contribution in [0.1, 0.15) is 31.7 Å². The lowest BCUT2D eigenvalue weighted by atomic mass is 9.75. The Morgan fingerprint density at radius 1 is 1.18 bits per heavy atom. The summed E-state index contributed by atoms with van der Waals surface area (Å²) in [5.74, 6) is -0.621. The maximum atomic E-state index is 13.6. The first-order valence-electron chi connectivity index (χ1n) is 10.3. The van der Waals surface area contributed by atoms with Crippen LogP contribution < -0.4 is 0 Å². The van der Waals surface area contributed by atoms with Crippen molar-refractivity contribution in [1.82, 2.24) is 4.90 Å². The van der Waals surface area contributed by atoms with Crippen LogP contribution in [0.3, 0.4) is 0 Å². The minimum Gasteiger partial charge on any atom is -0.391 e. The van der Waals surface area contributed by atoms with Gasteiger partial charge in [-0.15, -0.1) is 0 Å². The molecule has 5 rings (SSSR count). The molecule has 1 aromatic carbocycles. The fourth-order valence-corrected chi connectivity index (χ4v) is 6.99. The summed E-state index contributed by atoms with van der Waals surface area (Å²) in [5, 5.41) is 10.4. The highest BCUT2D eigenvalue weighted by molar-refractivity contribution is 7.92. The molecule has 1 N–H and O–H groups in total. The van der Waals surface area contributed by atoms with Crippen molar-refractivity contribution < 1.29 is 23.0 Å². The van der Waals surface area contributed by atoms with Crippen LogP contribution in [0.15, 0.2) is 29.2 Å². The third-order valence-electron chi connectivity index (χ3n) is 6.74. The molecule has 3 atom stereocenters. The highest BCUT2D eigenvalue weighted by atomic mass is 32.2. The molecule has 7 heteroatoms. The zero-order valence-corrected chi connectivity index (χ0v) is 17.5. The standard InChI is InChI=1S/C21H31NO5S/c1-15-3-5-17(6-4-15)28(24,25)19(13-21(2)26-11-12-27-21)20(23)18-14-22-9-7-16(18)8-10-22/h3-6,16,18-20,23H,7-14H2,1-2H3. The number of fused-ring (bicyclic) bond motifs is 3. The molecule has 0 spiro atoms. The molecule has 0 radical (unpaired) electrons. The van der Waals surface area contributed by atoms with Crippen LogP contribution >= 0.6 is 0 Å². The third-order valence-corrected chi connectivity index (χ3v) is 8.92. The number of aliphatic hydroxyl groups is 1. The van der Waals surface area contributed by atoms with Crippen molar-refractivity contribution in [3.8, 4) is 0 Å². The Labute approximate surface area is 167 Å². The van der Waals surface area contributed by atoms with Gasteiger partial charge >= 0.3 is 0 Å². The second-order valence-electron chi connectivity index (χ2n) is 8.72. The van der Waals surface area contributed by atoms with Crippen molar-refractivity contribution in [2.24, 2.45) is 11.8 Å². The van der Waals surface area contributed by atoms with Crippen molar-refractivity contribution in [2.45, 2.75) is 55.1 Å². The van der Waals surface area contributed by atoms with E-state index in [9.17, 15) is 13.5 Å². The number of piperidine rings is 3. The maximum Gasteiger partial charge on any atom is 0.183 e. The molecule has 2 bridgehead atoms. The summed E-state index contributed by atoms with van der Waals surface area (Å²) in [6, 6.07) is 6.88. The lowest BCUT2D eigenvalue weighted by Gasteiger charge is -2.48. The molecular weight excluding hydrogens is 378 g/mol. The van der Waals surface area contributed by atoms with Gasteiger partial charge in [-0.05, 0) is 57.8 Å². The van der Waals surface area contributed by atoms with Gasteiger partial charge in [-0.2, -0.15) is 0 Å².